The van der Waals surface area contributed by atoms with E-state index in [-0.39, 0.29) is 50.4 Å². The summed E-state index contributed by atoms with van der Waals surface area (Å²) in [5.74, 6) is -4.10. The van der Waals surface area contributed by atoms with Crippen molar-refractivity contribution >= 4 is 22.5 Å². The van der Waals surface area contributed by atoms with Gasteiger partial charge in [0, 0.05) is 38.2 Å². The lowest BCUT2D eigenvalue weighted by molar-refractivity contribution is -0.135. The van der Waals surface area contributed by atoms with Crippen molar-refractivity contribution in [3.05, 3.63) is 52.7 Å². The number of halogens is 3. The molecule has 1 aromatic carbocycles. The van der Waals surface area contributed by atoms with Crippen LogP contribution in [0.25, 0.3) is 16.6 Å². The quantitative estimate of drug-likeness (QED) is 0.665. The van der Waals surface area contributed by atoms with Crippen LogP contribution in [0.15, 0.2) is 41.3 Å². The molecule has 8 heteroatoms. The highest BCUT2D eigenvalue weighted by molar-refractivity contribution is 5.80. The van der Waals surface area contributed by atoms with E-state index in [1.807, 2.05) is 0 Å². The van der Waals surface area contributed by atoms with Gasteiger partial charge < -0.3 is 13.9 Å². The molecule has 2 aromatic heterocycles. The Morgan fingerprint density at radius 3 is 2.55 bits per heavy atom. The van der Waals surface area contributed by atoms with Gasteiger partial charge in [-0.2, -0.15) is 0 Å². The van der Waals surface area contributed by atoms with Crippen LogP contribution in [0.5, 0.6) is 0 Å². The third kappa shape index (κ3) is 3.63. The minimum absolute atomic E-state index is 0.0512. The van der Waals surface area contributed by atoms with Crippen molar-refractivity contribution in [2.75, 3.05) is 13.1 Å². The van der Waals surface area contributed by atoms with Gasteiger partial charge in [0.15, 0.2) is 0 Å². The monoisotopic (exact) mass is 405 g/mol. The molecule has 0 unspecified atom stereocenters. The van der Waals surface area contributed by atoms with Crippen LogP contribution in [-0.2, 0) is 11.3 Å². The molecular formula is C21H22F3N3O2. The molecule has 1 fully saturated rings. The number of hydrogen-bond acceptors (Lipinski definition) is 2. The Morgan fingerprint density at radius 2 is 1.86 bits per heavy atom. The first-order chi connectivity index (χ1) is 13.8. The largest absolute Gasteiger partial charge is 0.343 e. The van der Waals surface area contributed by atoms with Crippen molar-refractivity contribution < 1.29 is 18.0 Å². The van der Waals surface area contributed by atoms with Gasteiger partial charge in [0.25, 0.3) is 5.56 Å². The van der Waals surface area contributed by atoms with E-state index >= 15 is 0 Å². The molecule has 5 nitrogen and oxygen atoms in total. The average Bonchev–Trinajstić information content (AvgIpc) is 3.17. The Bertz CT molecular complexity index is 1120. The van der Waals surface area contributed by atoms with Crippen molar-refractivity contribution in [1.29, 1.82) is 0 Å². The lowest BCUT2D eigenvalue weighted by Gasteiger charge is -2.34. The van der Waals surface area contributed by atoms with Gasteiger partial charge in [0.1, 0.15) is 11.3 Å². The molecular weight excluding hydrogens is 383 g/mol. The highest BCUT2D eigenvalue weighted by Gasteiger charge is 2.37. The van der Waals surface area contributed by atoms with Crippen LogP contribution in [-0.4, -0.2) is 38.8 Å². The normalized spacial score (nSPS) is 16.1. The fourth-order valence-corrected chi connectivity index (χ4v) is 4.15. The van der Waals surface area contributed by atoms with Crippen molar-refractivity contribution in [2.24, 2.45) is 5.92 Å². The summed E-state index contributed by atoms with van der Waals surface area (Å²) >= 11 is 0. The van der Waals surface area contributed by atoms with Gasteiger partial charge in [0.05, 0.1) is 11.0 Å². The minimum atomic E-state index is -2.74. The highest BCUT2D eigenvalue weighted by atomic mass is 19.3. The topological polar surface area (TPSA) is 46.7 Å². The van der Waals surface area contributed by atoms with Gasteiger partial charge in [-0.3, -0.25) is 9.59 Å². The molecule has 1 aliphatic rings. The second-order valence-electron chi connectivity index (χ2n) is 7.71. The van der Waals surface area contributed by atoms with Gasteiger partial charge in [-0.15, -0.1) is 0 Å². The highest BCUT2D eigenvalue weighted by Crippen LogP contribution is 2.32. The fourth-order valence-electron chi connectivity index (χ4n) is 4.15. The van der Waals surface area contributed by atoms with Crippen LogP contribution in [0.4, 0.5) is 13.2 Å². The molecule has 0 saturated carbocycles. The van der Waals surface area contributed by atoms with Gasteiger partial charge >= 0.3 is 0 Å². The molecule has 1 amide bonds. The zero-order valence-electron chi connectivity index (χ0n) is 16.1. The summed E-state index contributed by atoms with van der Waals surface area (Å²) in [4.78, 5) is 27.0. The van der Waals surface area contributed by atoms with E-state index in [4.69, 9.17) is 0 Å². The predicted octanol–water partition coefficient (Wildman–Crippen LogP) is 3.68. The maximum absolute atomic E-state index is 13.8. The number of nitrogens with zero attached hydrogens (tertiary/aromatic N) is 3. The number of aromatic nitrogens is 2. The van der Waals surface area contributed by atoms with Crippen LogP contribution < -0.4 is 5.56 Å². The van der Waals surface area contributed by atoms with Crippen LogP contribution in [0.3, 0.4) is 0 Å². The van der Waals surface area contributed by atoms with Crippen LogP contribution in [0.1, 0.15) is 26.2 Å². The van der Waals surface area contributed by atoms with E-state index in [2.05, 4.69) is 0 Å². The number of carbonyl (C=O) groups excluding carboxylic acids is 1. The van der Waals surface area contributed by atoms with Gasteiger partial charge in [-0.25, -0.2) is 13.2 Å². The number of benzene rings is 1. The molecule has 1 aliphatic heterocycles. The maximum atomic E-state index is 13.8. The average molecular weight is 405 g/mol. The number of hydrogen-bond donors (Lipinski definition) is 0. The molecule has 0 bridgehead atoms. The number of aryl methyl sites for hydroxylation is 1. The summed E-state index contributed by atoms with van der Waals surface area (Å²) in [6.45, 7) is 1.59. The number of carbonyl (C=O) groups is 1. The van der Waals surface area contributed by atoms with Crippen molar-refractivity contribution in [2.45, 2.75) is 38.7 Å². The third-order valence-corrected chi connectivity index (χ3v) is 5.81. The Balaban J connectivity index is 1.55. The first-order valence-electron chi connectivity index (χ1n) is 9.70. The standard InChI is InChI=1S/C21H22F3N3O2/c1-21(23,24)14-6-10-25(11-7-14)19(28)8-12-27-18-13-15(22)4-5-16(18)26-9-2-3-17(26)20(27)29/h2-5,9,13-14H,6-8,10-12H2,1H3. The second kappa shape index (κ2) is 7.24. The molecule has 0 atom stereocenters. The molecule has 4 rings (SSSR count). The molecule has 0 aliphatic carbocycles. The summed E-state index contributed by atoms with van der Waals surface area (Å²) in [5.41, 5.74) is 1.23. The molecule has 0 N–H and O–H groups in total. The van der Waals surface area contributed by atoms with E-state index in [0.717, 1.165) is 6.92 Å². The Labute approximate surface area is 165 Å². The van der Waals surface area contributed by atoms with E-state index in [1.54, 1.807) is 33.7 Å². The van der Waals surface area contributed by atoms with Gasteiger partial charge in [-0.1, -0.05) is 0 Å². The van der Waals surface area contributed by atoms with Gasteiger partial charge in [0.2, 0.25) is 11.8 Å². The van der Waals surface area contributed by atoms with Crippen LogP contribution >= 0.6 is 0 Å². The number of fused-ring (bicyclic) bond motifs is 3. The molecule has 29 heavy (non-hydrogen) atoms. The first kappa shape index (κ1) is 19.5. The SMILES string of the molecule is CC(F)(F)C1CCN(C(=O)CCn2c(=O)c3cccn3c3ccc(F)cc32)CC1. The molecule has 0 radical (unpaired) electrons. The van der Waals surface area contributed by atoms with E-state index < -0.39 is 17.7 Å². The number of alkyl halides is 2. The number of rotatable bonds is 4. The van der Waals surface area contributed by atoms with Crippen molar-refractivity contribution in [3.8, 4) is 0 Å². The Morgan fingerprint density at radius 1 is 1.14 bits per heavy atom. The minimum Gasteiger partial charge on any atom is -0.343 e. The first-order valence-corrected chi connectivity index (χ1v) is 9.70. The molecule has 3 aromatic rings. The maximum Gasteiger partial charge on any atom is 0.275 e. The Hall–Kier alpha value is -2.77. The number of likely N-dealkylation sites (tertiary alicyclic amines) is 1. The van der Waals surface area contributed by atoms with E-state index in [9.17, 15) is 22.8 Å². The molecule has 1 saturated heterocycles. The zero-order valence-corrected chi connectivity index (χ0v) is 16.1. The van der Waals surface area contributed by atoms with Gasteiger partial charge in [-0.05, 0) is 50.1 Å². The summed E-state index contributed by atoms with van der Waals surface area (Å²) in [7, 11) is 0. The molecule has 0 spiro atoms. The Kier molecular flexibility index (Phi) is 4.88. The summed E-state index contributed by atoms with van der Waals surface area (Å²) in [6, 6.07) is 7.64. The molecule has 154 valence electrons. The number of piperidine rings is 1. The van der Waals surface area contributed by atoms with Crippen LogP contribution in [0, 0.1) is 11.7 Å². The summed E-state index contributed by atoms with van der Waals surface area (Å²) in [5, 5.41) is 0. The van der Waals surface area contributed by atoms with E-state index in [0.29, 0.717) is 16.6 Å². The number of amides is 1. The second-order valence-corrected chi connectivity index (χ2v) is 7.71. The summed E-state index contributed by atoms with van der Waals surface area (Å²) in [6.07, 6.45) is 2.31. The third-order valence-electron chi connectivity index (χ3n) is 5.81. The predicted molar refractivity (Wildman–Crippen MR) is 104 cm³/mol. The van der Waals surface area contributed by atoms with Crippen molar-refractivity contribution in [3.63, 3.8) is 0 Å². The summed E-state index contributed by atoms with van der Waals surface area (Å²) < 4.78 is 43.9. The lowest BCUT2D eigenvalue weighted by Crippen LogP contribution is -2.42. The fraction of sp³-hybridized carbons (Fsp3) is 0.429. The van der Waals surface area contributed by atoms with E-state index in [1.165, 1.54) is 16.7 Å². The molecule has 3 heterocycles. The van der Waals surface area contributed by atoms with Crippen LogP contribution in [0.2, 0.25) is 0 Å². The zero-order chi connectivity index (χ0) is 20.8. The van der Waals surface area contributed by atoms with Crippen molar-refractivity contribution in [1.82, 2.24) is 13.9 Å². The lowest BCUT2D eigenvalue weighted by atomic mass is 9.91. The smallest absolute Gasteiger partial charge is 0.275 e.